The maximum Gasteiger partial charge on any atom is 0.262 e. The Balaban J connectivity index is 1.26. The second kappa shape index (κ2) is 11.4. The highest BCUT2D eigenvalue weighted by Gasteiger charge is 2.35. The summed E-state index contributed by atoms with van der Waals surface area (Å²) in [6.45, 7) is 0.343. The monoisotopic (exact) mass is 491 g/mol. The zero-order valence-electron chi connectivity index (χ0n) is 19.7. The zero-order chi connectivity index (χ0) is 25.5. The Labute approximate surface area is 208 Å². The van der Waals surface area contributed by atoms with Gasteiger partial charge in [-0.1, -0.05) is 24.3 Å². The van der Waals surface area contributed by atoms with Gasteiger partial charge < -0.3 is 25.0 Å². The SMILES string of the molecule is COc1ccc(CNC(=O)[C@@H]2CC(=O)N(c3ccc(OCC(=O)Nc4ccccc4F)cc3)C2)cc1. The van der Waals surface area contributed by atoms with Gasteiger partial charge in [-0.25, -0.2) is 4.39 Å². The molecule has 1 atom stereocenters. The molecule has 1 saturated heterocycles. The van der Waals surface area contributed by atoms with Gasteiger partial charge in [-0.15, -0.1) is 0 Å². The van der Waals surface area contributed by atoms with Gasteiger partial charge in [0.2, 0.25) is 11.8 Å². The van der Waals surface area contributed by atoms with Gasteiger partial charge in [0, 0.05) is 25.2 Å². The first-order chi connectivity index (χ1) is 17.4. The van der Waals surface area contributed by atoms with Gasteiger partial charge in [-0.2, -0.15) is 0 Å². The molecule has 1 fully saturated rings. The molecule has 9 heteroatoms. The average molecular weight is 492 g/mol. The number of benzene rings is 3. The van der Waals surface area contributed by atoms with E-state index in [2.05, 4.69) is 10.6 Å². The van der Waals surface area contributed by atoms with Crippen molar-refractivity contribution < 1.29 is 28.2 Å². The summed E-state index contributed by atoms with van der Waals surface area (Å²) >= 11 is 0. The van der Waals surface area contributed by atoms with Gasteiger partial charge in [-0.05, 0) is 54.1 Å². The molecule has 186 valence electrons. The Morgan fingerprint density at radius 1 is 1.00 bits per heavy atom. The fourth-order valence-corrected chi connectivity index (χ4v) is 3.83. The third kappa shape index (κ3) is 6.18. The minimum absolute atomic E-state index is 0.0802. The molecule has 3 aromatic rings. The number of methoxy groups -OCH3 is 1. The Morgan fingerprint density at radius 2 is 1.69 bits per heavy atom. The molecule has 0 aliphatic carbocycles. The number of hydrogen-bond donors (Lipinski definition) is 2. The van der Waals surface area contributed by atoms with Crippen LogP contribution in [-0.4, -0.2) is 38.0 Å². The van der Waals surface area contributed by atoms with Crippen molar-refractivity contribution >= 4 is 29.1 Å². The largest absolute Gasteiger partial charge is 0.497 e. The van der Waals surface area contributed by atoms with Crippen molar-refractivity contribution in [1.82, 2.24) is 5.32 Å². The highest BCUT2D eigenvalue weighted by Crippen LogP contribution is 2.27. The summed E-state index contributed by atoms with van der Waals surface area (Å²) in [5.74, 6) is -0.637. The summed E-state index contributed by atoms with van der Waals surface area (Å²) in [6, 6.07) is 19.9. The summed E-state index contributed by atoms with van der Waals surface area (Å²) in [4.78, 5) is 38.8. The second-order valence-electron chi connectivity index (χ2n) is 8.28. The zero-order valence-corrected chi connectivity index (χ0v) is 19.7. The normalized spacial score (nSPS) is 14.9. The van der Waals surface area contributed by atoms with E-state index < -0.39 is 17.6 Å². The molecule has 0 bridgehead atoms. The molecule has 36 heavy (non-hydrogen) atoms. The molecule has 0 aromatic heterocycles. The van der Waals surface area contributed by atoms with Gasteiger partial charge >= 0.3 is 0 Å². The lowest BCUT2D eigenvalue weighted by Gasteiger charge is -2.17. The number of para-hydroxylation sites is 1. The molecule has 8 nitrogen and oxygen atoms in total. The van der Waals surface area contributed by atoms with Crippen molar-refractivity contribution in [2.24, 2.45) is 5.92 Å². The van der Waals surface area contributed by atoms with Crippen LogP contribution < -0.4 is 25.0 Å². The van der Waals surface area contributed by atoms with E-state index in [-0.39, 0.29) is 37.1 Å². The number of ether oxygens (including phenoxy) is 2. The number of rotatable bonds is 9. The predicted octanol–water partition coefficient (Wildman–Crippen LogP) is 3.52. The molecule has 0 saturated carbocycles. The van der Waals surface area contributed by atoms with Crippen LogP contribution in [0, 0.1) is 11.7 Å². The molecule has 1 aliphatic heterocycles. The Morgan fingerprint density at radius 3 is 2.39 bits per heavy atom. The Bertz CT molecular complexity index is 1230. The van der Waals surface area contributed by atoms with E-state index in [1.165, 1.54) is 18.2 Å². The Kier molecular flexibility index (Phi) is 7.79. The van der Waals surface area contributed by atoms with Gasteiger partial charge in [0.15, 0.2) is 6.61 Å². The van der Waals surface area contributed by atoms with E-state index >= 15 is 0 Å². The van der Waals surface area contributed by atoms with Crippen LogP contribution in [0.25, 0.3) is 0 Å². The van der Waals surface area contributed by atoms with E-state index in [1.54, 1.807) is 42.3 Å². The van der Waals surface area contributed by atoms with Crippen LogP contribution in [0.4, 0.5) is 15.8 Å². The minimum atomic E-state index is -0.529. The number of nitrogens with zero attached hydrogens (tertiary/aromatic N) is 1. The van der Waals surface area contributed by atoms with Crippen LogP contribution in [-0.2, 0) is 20.9 Å². The summed E-state index contributed by atoms with van der Waals surface area (Å²) in [7, 11) is 1.59. The lowest BCUT2D eigenvalue weighted by Crippen LogP contribution is -2.32. The highest BCUT2D eigenvalue weighted by molar-refractivity contribution is 6.00. The number of carbonyl (C=O) groups is 3. The summed E-state index contributed by atoms with van der Waals surface area (Å²) in [5, 5.41) is 5.34. The van der Waals surface area contributed by atoms with E-state index in [0.29, 0.717) is 18.0 Å². The molecule has 3 amide bonds. The average Bonchev–Trinajstić information content (AvgIpc) is 3.29. The predicted molar refractivity (Wildman–Crippen MR) is 132 cm³/mol. The fraction of sp³-hybridized carbons (Fsp3) is 0.222. The summed E-state index contributed by atoms with van der Waals surface area (Å²) in [5.41, 5.74) is 1.65. The van der Waals surface area contributed by atoms with Gasteiger partial charge in [0.05, 0.1) is 18.7 Å². The summed E-state index contributed by atoms with van der Waals surface area (Å²) < 4.78 is 24.2. The van der Waals surface area contributed by atoms with E-state index in [1.807, 2.05) is 24.3 Å². The number of hydrogen-bond acceptors (Lipinski definition) is 5. The molecule has 0 radical (unpaired) electrons. The van der Waals surface area contributed by atoms with Crippen molar-refractivity contribution in [3.63, 3.8) is 0 Å². The topological polar surface area (TPSA) is 97.0 Å². The van der Waals surface area contributed by atoms with Crippen LogP contribution >= 0.6 is 0 Å². The van der Waals surface area contributed by atoms with Gasteiger partial charge in [-0.3, -0.25) is 14.4 Å². The molecule has 3 aromatic carbocycles. The van der Waals surface area contributed by atoms with E-state index in [0.717, 1.165) is 11.3 Å². The molecule has 2 N–H and O–H groups in total. The maximum absolute atomic E-state index is 13.6. The third-order valence-corrected chi connectivity index (χ3v) is 5.79. The maximum atomic E-state index is 13.6. The van der Waals surface area contributed by atoms with Gasteiger partial charge in [0.1, 0.15) is 17.3 Å². The van der Waals surface area contributed by atoms with Crippen molar-refractivity contribution in [1.29, 1.82) is 0 Å². The quantitative estimate of drug-likeness (QED) is 0.478. The minimum Gasteiger partial charge on any atom is -0.497 e. The van der Waals surface area contributed by atoms with Crippen LogP contribution in [0.5, 0.6) is 11.5 Å². The molecular formula is C27H26FN3O5. The molecule has 1 aliphatic rings. The van der Waals surface area contributed by atoms with Crippen molar-refractivity contribution in [2.45, 2.75) is 13.0 Å². The van der Waals surface area contributed by atoms with Crippen molar-refractivity contribution in [3.05, 3.63) is 84.2 Å². The first kappa shape index (κ1) is 24.7. The van der Waals surface area contributed by atoms with Crippen LogP contribution in [0.15, 0.2) is 72.8 Å². The summed E-state index contributed by atoms with van der Waals surface area (Å²) in [6.07, 6.45) is 0.128. The van der Waals surface area contributed by atoms with Crippen molar-refractivity contribution in [3.8, 4) is 11.5 Å². The number of halogens is 1. The number of nitrogens with one attached hydrogen (secondary N) is 2. The number of carbonyl (C=O) groups excluding carboxylic acids is 3. The standard InChI is InChI=1S/C27H26FN3O5/c1-35-21-10-6-18(7-11-21)15-29-27(34)19-14-26(33)31(16-19)20-8-12-22(13-9-20)36-17-25(32)30-24-5-3-2-4-23(24)28/h2-13,19H,14-17H2,1H3,(H,29,34)(H,30,32)/t19-/m1/s1. The van der Waals surface area contributed by atoms with E-state index in [9.17, 15) is 18.8 Å². The molecule has 4 rings (SSSR count). The third-order valence-electron chi connectivity index (χ3n) is 5.79. The highest BCUT2D eigenvalue weighted by atomic mass is 19.1. The lowest BCUT2D eigenvalue weighted by molar-refractivity contribution is -0.126. The van der Waals surface area contributed by atoms with Crippen LogP contribution in [0.2, 0.25) is 0 Å². The first-order valence-electron chi connectivity index (χ1n) is 11.4. The molecule has 0 unspecified atom stereocenters. The van der Waals surface area contributed by atoms with Crippen LogP contribution in [0.1, 0.15) is 12.0 Å². The van der Waals surface area contributed by atoms with E-state index in [4.69, 9.17) is 9.47 Å². The number of anilines is 2. The number of amides is 3. The smallest absolute Gasteiger partial charge is 0.262 e. The second-order valence-corrected chi connectivity index (χ2v) is 8.28. The fourth-order valence-electron chi connectivity index (χ4n) is 3.83. The molecule has 0 spiro atoms. The van der Waals surface area contributed by atoms with Gasteiger partial charge in [0.25, 0.3) is 5.91 Å². The first-order valence-corrected chi connectivity index (χ1v) is 11.4. The van der Waals surface area contributed by atoms with Crippen LogP contribution in [0.3, 0.4) is 0 Å². The molecule has 1 heterocycles. The molecular weight excluding hydrogens is 465 g/mol. The Hall–Kier alpha value is -4.40. The lowest BCUT2D eigenvalue weighted by atomic mass is 10.1. The van der Waals surface area contributed by atoms with Crippen molar-refractivity contribution in [2.75, 3.05) is 30.5 Å².